The Bertz CT molecular complexity index is 880. The van der Waals surface area contributed by atoms with Crippen LogP contribution in [0.15, 0.2) is 18.2 Å². The molecule has 2 fully saturated rings. The molecule has 3 amide bonds. The van der Waals surface area contributed by atoms with Crippen molar-refractivity contribution in [2.45, 2.75) is 38.0 Å². The molecular weight excluding hydrogens is 332 g/mol. The zero-order valence-electron chi connectivity index (χ0n) is 14.8. The average Bonchev–Trinajstić information content (AvgIpc) is 2.98. The fourth-order valence-electron chi connectivity index (χ4n) is 4.06. The van der Waals surface area contributed by atoms with Gasteiger partial charge in [-0.3, -0.25) is 19.7 Å². The highest BCUT2D eigenvalue weighted by Crippen LogP contribution is 2.37. The number of aromatic nitrogens is 2. The zero-order chi connectivity index (χ0) is 18.3. The van der Waals surface area contributed by atoms with E-state index in [1.54, 1.807) is 4.68 Å². The number of anilines is 1. The van der Waals surface area contributed by atoms with Gasteiger partial charge in [0, 0.05) is 31.3 Å². The van der Waals surface area contributed by atoms with Gasteiger partial charge in [0.15, 0.2) is 5.82 Å². The summed E-state index contributed by atoms with van der Waals surface area (Å²) in [5, 5.41) is 7.77. The quantitative estimate of drug-likeness (QED) is 0.858. The monoisotopic (exact) mass is 354 g/mol. The molecular formula is C19H22N4O3. The minimum Gasteiger partial charge on any atom is -0.303 e. The van der Waals surface area contributed by atoms with Crippen molar-refractivity contribution in [2.24, 2.45) is 13.0 Å². The van der Waals surface area contributed by atoms with Gasteiger partial charge in [-0.05, 0) is 49.3 Å². The van der Waals surface area contributed by atoms with Crippen LogP contribution in [0.5, 0.6) is 0 Å². The molecule has 1 saturated carbocycles. The van der Waals surface area contributed by atoms with E-state index in [4.69, 9.17) is 0 Å². The lowest BCUT2D eigenvalue weighted by atomic mass is 9.79. The van der Waals surface area contributed by atoms with E-state index in [1.807, 2.05) is 13.1 Å². The van der Waals surface area contributed by atoms with Gasteiger partial charge in [-0.2, -0.15) is 5.10 Å². The Morgan fingerprint density at radius 2 is 1.96 bits per heavy atom. The lowest BCUT2D eigenvalue weighted by Crippen LogP contribution is -2.49. The molecule has 0 radical (unpaired) electrons. The molecule has 7 heteroatoms. The van der Waals surface area contributed by atoms with Gasteiger partial charge in [-0.15, -0.1) is 0 Å². The number of aryl methyl sites for hydroxylation is 1. The van der Waals surface area contributed by atoms with E-state index in [0.717, 1.165) is 42.9 Å². The number of carbonyl (C=O) groups excluding carboxylic acids is 3. The van der Waals surface area contributed by atoms with Gasteiger partial charge in [-0.1, -0.05) is 6.07 Å². The number of rotatable bonds is 3. The Balaban J connectivity index is 1.64. The molecule has 0 spiro atoms. The predicted molar refractivity (Wildman–Crippen MR) is 97.0 cm³/mol. The van der Waals surface area contributed by atoms with Crippen LogP contribution in [0, 0.1) is 5.92 Å². The molecule has 0 atom stereocenters. The number of nitrogens with zero attached hydrogens (tertiary/aromatic N) is 3. The van der Waals surface area contributed by atoms with Crippen LogP contribution in [0.4, 0.5) is 10.6 Å². The van der Waals surface area contributed by atoms with E-state index in [1.165, 1.54) is 10.5 Å². The van der Waals surface area contributed by atoms with Crippen LogP contribution in [0.3, 0.4) is 0 Å². The minimum atomic E-state index is -0.419. The number of benzene rings is 1. The topological polar surface area (TPSA) is 84.3 Å². The molecule has 2 aromatic rings. The summed E-state index contributed by atoms with van der Waals surface area (Å²) in [5.41, 5.74) is 2.23. The highest BCUT2D eigenvalue weighted by molar-refractivity contribution is 6.08. The molecule has 2 aliphatic rings. The lowest BCUT2D eigenvalue weighted by Gasteiger charge is -2.26. The Hall–Kier alpha value is -2.70. The zero-order valence-corrected chi connectivity index (χ0v) is 14.8. The number of fused-ring (bicyclic) bond motifs is 1. The normalized spacial score (nSPS) is 24.0. The van der Waals surface area contributed by atoms with Gasteiger partial charge < -0.3 is 4.79 Å². The molecule has 0 unspecified atom stereocenters. The summed E-state index contributed by atoms with van der Waals surface area (Å²) in [4.78, 5) is 36.0. The molecule has 2 heterocycles. The number of aldehydes is 1. The van der Waals surface area contributed by atoms with Crippen molar-refractivity contribution in [3.8, 4) is 0 Å². The second-order valence-electron chi connectivity index (χ2n) is 7.23. The second kappa shape index (κ2) is 6.55. The van der Waals surface area contributed by atoms with E-state index < -0.39 is 6.03 Å². The average molecular weight is 354 g/mol. The van der Waals surface area contributed by atoms with Crippen LogP contribution in [0.2, 0.25) is 0 Å². The van der Waals surface area contributed by atoms with Gasteiger partial charge in [0.1, 0.15) is 6.29 Å². The molecule has 7 nitrogen and oxygen atoms in total. The molecule has 1 aliphatic carbocycles. The fraction of sp³-hybridized carbons (Fsp3) is 0.474. The third kappa shape index (κ3) is 2.87. The molecule has 1 aromatic carbocycles. The number of carbonyl (C=O) groups is 3. The van der Waals surface area contributed by atoms with Crippen molar-refractivity contribution in [1.82, 2.24) is 15.1 Å². The van der Waals surface area contributed by atoms with Crippen LogP contribution in [-0.4, -0.2) is 34.5 Å². The Kier molecular flexibility index (Phi) is 4.22. The van der Waals surface area contributed by atoms with E-state index in [9.17, 15) is 14.4 Å². The summed E-state index contributed by atoms with van der Waals surface area (Å²) >= 11 is 0. The first-order valence-corrected chi connectivity index (χ1v) is 9.10. The highest BCUT2D eigenvalue weighted by atomic mass is 16.2. The summed E-state index contributed by atoms with van der Waals surface area (Å²) in [6.45, 7) is 0.342. The van der Waals surface area contributed by atoms with E-state index in [0.29, 0.717) is 18.3 Å². The Morgan fingerprint density at radius 3 is 2.65 bits per heavy atom. The number of amides is 3. The minimum absolute atomic E-state index is 0.207. The van der Waals surface area contributed by atoms with Crippen LogP contribution in [0.25, 0.3) is 10.9 Å². The van der Waals surface area contributed by atoms with Gasteiger partial charge in [0.05, 0.1) is 5.52 Å². The number of hydrogen-bond donors (Lipinski definition) is 1. The molecule has 26 heavy (non-hydrogen) atoms. The number of urea groups is 1. The van der Waals surface area contributed by atoms with Crippen molar-refractivity contribution < 1.29 is 14.4 Å². The molecule has 4 rings (SSSR count). The van der Waals surface area contributed by atoms with E-state index in [-0.39, 0.29) is 18.2 Å². The van der Waals surface area contributed by atoms with Crippen molar-refractivity contribution in [1.29, 1.82) is 0 Å². The van der Waals surface area contributed by atoms with Gasteiger partial charge in [0.2, 0.25) is 5.91 Å². The molecule has 1 saturated heterocycles. The van der Waals surface area contributed by atoms with E-state index >= 15 is 0 Å². The molecule has 136 valence electrons. The number of nitrogens with one attached hydrogen (secondary N) is 1. The maximum absolute atomic E-state index is 12.1. The summed E-state index contributed by atoms with van der Waals surface area (Å²) in [5.74, 6) is 1.01. The van der Waals surface area contributed by atoms with Crippen molar-refractivity contribution in [3.63, 3.8) is 0 Å². The Labute approximate surface area is 151 Å². The molecule has 1 aliphatic heterocycles. The van der Waals surface area contributed by atoms with Gasteiger partial charge >= 0.3 is 6.03 Å². The third-order valence-corrected chi connectivity index (χ3v) is 5.60. The first kappa shape index (κ1) is 16.8. The van der Waals surface area contributed by atoms with Crippen molar-refractivity contribution in [3.05, 3.63) is 23.8 Å². The smallest absolute Gasteiger partial charge is 0.303 e. The van der Waals surface area contributed by atoms with Crippen LogP contribution < -0.4 is 10.2 Å². The lowest BCUT2D eigenvalue weighted by molar-refractivity contribution is -0.120. The number of hydrogen-bond acceptors (Lipinski definition) is 4. The molecule has 1 aromatic heterocycles. The molecule has 0 bridgehead atoms. The van der Waals surface area contributed by atoms with Gasteiger partial charge in [-0.25, -0.2) is 4.79 Å². The molecule has 1 N–H and O–H groups in total. The first-order chi connectivity index (χ1) is 12.6. The summed E-state index contributed by atoms with van der Waals surface area (Å²) in [6.07, 6.45) is 5.31. The van der Waals surface area contributed by atoms with Crippen molar-refractivity contribution >= 4 is 34.9 Å². The van der Waals surface area contributed by atoms with Crippen LogP contribution in [-0.2, 0) is 16.6 Å². The summed E-state index contributed by atoms with van der Waals surface area (Å²) in [6, 6.07) is 5.84. The van der Waals surface area contributed by atoms with Crippen molar-refractivity contribution in [2.75, 3.05) is 11.4 Å². The van der Waals surface area contributed by atoms with E-state index in [2.05, 4.69) is 22.5 Å². The predicted octanol–water partition coefficient (Wildman–Crippen LogP) is 2.49. The highest BCUT2D eigenvalue weighted by Gasteiger charge is 2.28. The Morgan fingerprint density at radius 1 is 1.19 bits per heavy atom. The SMILES string of the molecule is Cn1nc(N2CCC(=O)NC2=O)c2ccc(C3CCC(C=O)CC3)cc21. The summed E-state index contributed by atoms with van der Waals surface area (Å²) in [7, 11) is 1.87. The second-order valence-corrected chi connectivity index (χ2v) is 7.23. The van der Waals surface area contributed by atoms with Gasteiger partial charge in [0.25, 0.3) is 0 Å². The fourth-order valence-corrected chi connectivity index (χ4v) is 4.06. The number of imide groups is 1. The standard InChI is InChI=1S/C19H22N4O3/c1-22-16-10-14(13-4-2-12(11-24)3-5-13)6-7-15(16)18(21-22)23-9-8-17(25)20-19(23)26/h6-7,10-13H,2-5,8-9H2,1H3,(H,20,25,26). The summed E-state index contributed by atoms with van der Waals surface area (Å²) < 4.78 is 1.79. The largest absolute Gasteiger partial charge is 0.329 e. The first-order valence-electron chi connectivity index (χ1n) is 9.10. The van der Waals surface area contributed by atoms with Crippen LogP contribution in [0.1, 0.15) is 43.6 Å². The maximum Gasteiger partial charge on any atom is 0.329 e. The third-order valence-electron chi connectivity index (χ3n) is 5.60. The van der Waals surface area contributed by atoms with Crippen LogP contribution >= 0.6 is 0 Å². The maximum atomic E-state index is 12.1.